The summed E-state index contributed by atoms with van der Waals surface area (Å²) in [5, 5.41) is 11.0. The predicted octanol–water partition coefficient (Wildman–Crippen LogP) is 5.29. The zero-order valence-corrected chi connectivity index (χ0v) is 17.0. The van der Waals surface area contributed by atoms with Crippen LogP contribution in [0.2, 0.25) is 10.0 Å². The van der Waals surface area contributed by atoms with Gasteiger partial charge in [-0.3, -0.25) is 14.9 Å². The second-order valence-corrected chi connectivity index (χ2v) is 8.26. The van der Waals surface area contributed by atoms with Gasteiger partial charge in [0, 0.05) is 33.0 Å². The first-order chi connectivity index (χ1) is 13.9. The Kier molecular flexibility index (Phi) is 6.13. The summed E-state index contributed by atoms with van der Waals surface area (Å²) >= 11 is 11.7. The van der Waals surface area contributed by atoms with Gasteiger partial charge in [0.15, 0.2) is 11.2 Å². The number of nitro groups is 1. The molecular formula is C20H17Cl2F3N2O3. The van der Waals surface area contributed by atoms with Crippen LogP contribution in [0.5, 0.6) is 0 Å². The summed E-state index contributed by atoms with van der Waals surface area (Å²) in [6, 6.07) is 7.50. The first-order valence-electron chi connectivity index (χ1n) is 8.99. The van der Waals surface area contributed by atoms with Crippen molar-refractivity contribution in [1.29, 1.82) is 0 Å². The minimum Gasteiger partial charge on any atom is -0.324 e. The highest BCUT2D eigenvalue weighted by Crippen LogP contribution is 2.46. The topological polar surface area (TPSA) is 86.2 Å². The van der Waals surface area contributed by atoms with Crippen LogP contribution in [0.4, 0.5) is 13.2 Å². The van der Waals surface area contributed by atoms with Gasteiger partial charge >= 0.3 is 6.18 Å². The van der Waals surface area contributed by atoms with E-state index in [4.69, 9.17) is 28.9 Å². The van der Waals surface area contributed by atoms with Crippen LogP contribution in [-0.4, -0.2) is 23.4 Å². The molecule has 5 nitrogen and oxygen atoms in total. The molecule has 2 unspecified atom stereocenters. The summed E-state index contributed by atoms with van der Waals surface area (Å²) in [4.78, 5) is 23.0. The number of halogens is 5. The van der Waals surface area contributed by atoms with Crippen LogP contribution < -0.4 is 5.73 Å². The van der Waals surface area contributed by atoms with Crippen LogP contribution in [0.25, 0.3) is 0 Å². The third-order valence-electron chi connectivity index (χ3n) is 5.41. The molecule has 2 N–H and O–H groups in total. The molecule has 10 heteroatoms. The average Bonchev–Trinajstić information content (AvgIpc) is 2.99. The predicted molar refractivity (Wildman–Crippen MR) is 107 cm³/mol. The summed E-state index contributed by atoms with van der Waals surface area (Å²) in [7, 11) is 0. The number of carbonyl (C=O) groups is 1. The van der Waals surface area contributed by atoms with Gasteiger partial charge in [-0.1, -0.05) is 35.3 Å². The molecular weight excluding hydrogens is 444 g/mol. The number of fused-ring (bicyclic) bond motifs is 1. The van der Waals surface area contributed by atoms with Gasteiger partial charge in [0.2, 0.25) is 6.54 Å². The van der Waals surface area contributed by atoms with Gasteiger partial charge < -0.3 is 5.73 Å². The summed E-state index contributed by atoms with van der Waals surface area (Å²) in [5.74, 6) is -0.867. The first kappa shape index (κ1) is 22.5. The largest absolute Gasteiger partial charge is 0.405 e. The van der Waals surface area contributed by atoms with E-state index in [0.29, 0.717) is 12.8 Å². The van der Waals surface area contributed by atoms with Crippen LogP contribution in [-0.2, 0) is 11.8 Å². The van der Waals surface area contributed by atoms with Crippen molar-refractivity contribution >= 4 is 29.0 Å². The molecule has 0 saturated carbocycles. The van der Waals surface area contributed by atoms with Crippen LogP contribution in [0.15, 0.2) is 36.4 Å². The summed E-state index contributed by atoms with van der Waals surface area (Å²) in [6.45, 7) is -1.53. The van der Waals surface area contributed by atoms with Gasteiger partial charge in [-0.05, 0) is 53.8 Å². The third-order valence-corrected chi connectivity index (χ3v) is 5.84. The van der Waals surface area contributed by atoms with Gasteiger partial charge in [-0.15, -0.1) is 0 Å². The number of rotatable bonds is 6. The van der Waals surface area contributed by atoms with Crippen molar-refractivity contribution < 1.29 is 22.9 Å². The van der Waals surface area contributed by atoms with Gasteiger partial charge in [-0.25, -0.2) is 0 Å². The Morgan fingerprint density at radius 3 is 2.37 bits per heavy atom. The Bertz CT molecular complexity index is 993. The minimum atomic E-state index is -5.11. The quantitative estimate of drug-likeness (QED) is 0.360. The molecule has 0 radical (unpaired) electrons. The lowest BCUT2D eigenvalue weighted by atomic mass is 9.74. The SMILES string of the molecule is NC1CCc2cc(C(=O)CC(C[N+](=O)[O-])(c3cc(Cl)cc(Cl)c3)C(F)(F)F)ccc21. The van der Waals surface area contributed by atoms with E-state index in [1.54, 1.807) is 6.07 Å². The zero-order valence-electron chi connectivity index (χ0n) is 15.5. The number of aryl methyl sites for hydroxylation is 1. The molecule has 0 aliphatic heterocycles. The second-order valence-electron chi connectivity index (χ2n) is 7.39. The molecule has 0 bridgehead atoms. The number of benzene rings is 2. The normalized spacial score (nSPS) is 18.0. The van der Waals surface area contributed by atoms with Crippen LogP contribution in [0.3, 0.4) is 0 Å². The summed E-state index contributed by atoms with van der Waals surface area (Å²) in [5.41, 5.74) is 4.04. The van der Waals surface area contributed by atoms with Crippen molar-refractivity contribution in [3.8, 4) is 0 Å². The smallest absolute Gasteiger partial charge is 0.324 e. The number of nitrogens with zero attached hydrogens (tertiary/aromatic N) is 1. The van der Waals surface area contributed by atoms with Crippen molar-refractivity contribution in [2.45, 2.75) is 36.9 Å². The summed E-state index contributed by atoms with van der Waals surface area (Å²) in [6.07, 6.45) is -4.97. The fourth-order valence-corrected chi connectivity index (χ4v) is 4.38. The lowest BCUT2D eigenvalue weighted by molar-refractivity contribution is -0.501. The van der Waals surface area contributed by atoms with Gasteiger partial charge in [0.25, 0.3) is 0 Å². The van der Waals surface area contributed by atoms with Gasteiger partial charge in [-0.2, -0.15) is 13.2 Å². The van der Waals surface area contributed by atoms with E-state index in [2.05, 4.69) is 0 Å². The maximum Gasteiger partial charge on any atom is 0.405 e. The highest BCUT2D eigenvalue weighted by molar-refractivity contribution is 6.34. The fourth-order valence-electron chi connectivity index (χ4n) is 3.85. The van der Waals surface area contributed by atoms with Gasteiger partial charge in [0.1, 0.15) is 0 Å². The van der Waals surface area contributed by atoms with E-state index in [9.17, 15) is 28.1 Å². The molecule has 1 aliphatic rings. The summed E-state index contributed by atoms with van der Waals surface area (Å²) < 4.78 is 42.8. The van der Waals surface area contributed by atoms with Crippen LogP contribution >= 0.6 is 23.2 Å². The Hall–Kier alpha value is -2.16. The molecule has 0 spiro atoms. The maximum absolute atomic E-state index is 14.3. The highest BCUT2D eigenvalue weighted by atomic mass is 35.5. The Morgan fingerprint density at radius 1 is 1.17 bits per heavy atom. The number of Topliss-reactive ketones (excluding diaryl/α,β-unsaturated/α-hetero) is 1. The third kappa shape index (κ3) is 4.31. The molecule has 0 fully saturated rings. The number of nitrogens with two attached hydrogens (primary N) is 1. The van der Waals surface area contributed by atoms with E-state index < -0.39 is 40.8 Å². The maximum atomic E-state index is 14.3. The van der Waals surface area contributed by atoms with Crippen molar-refractivity contribution in [2.75, 3.05) is 6.54 Å². The minimum absolute atomic E-state index is 0.0490. The van der Waals surface area contributed by atoms with E-state index in [0.717, 1.165) is 23.3 Å². The molecule has 0 heterocycles. The number of carbonyl (C=O) groups excluding carboxylic acids is 1. The molecule has 0 amide bonds. The van der Waals surface area contributed by atoms with E-state index in [1.165, 1.54) is 18.2 Å². The lowest BCUT2D eigenvalue weighted by Gasteiger charge is -2.32. The van der Waals surface area contributed by atoms with E-state index in [1.807, 2.05) is 0 Å². The molecule has 0 saturated heterocycles. The standard InChI is InChI=1S/C20H17Cl2F3N2O3/c21-14-6-13(7-15(22)8-14)19(10-27(29)30,20(23,24)25)9-18(28)12-1-3-16-11(5-12)2-4-17(16)26/h1,3,5-8,17H,2,4,9-10,26H2. The Labute approximate surface area is 180 Å². The second kappa shape index (κ2) is 8.17. The van der Waals surface area contributed by atoms with Crippen LogP contribution in [0, 0.1) is 10.1 Å². The Morgan fingerprint density at radius 2 is 1.80 bits per heavy atom. The molecule has 160 valence electrons. The van der Waals surface area contributed by atoms with E-state index in [-0.39, 0.29) is 21.7 Å². The number of hydrogen-bond donors (Lipinski definition) is 1. The zero-order chi connectivity index (χ0) is 22.3. The molecule has 3 rings (SSSR count). The van der Waals surface area contributed by atoms with Crippen molar-refractivity contribution in [2.24, 2.45) is 5.73 Å². The molecule has 0 aromatic heterocycles. The fraction of sp³-hybridized carbons (Fsp3) is 0.350. The molecule has 30 heavy (non-hydrogen) atoms. The van der Waals surface area contributed by atoms with Crippen molar-refractivity contribution in [1.82, 2.24) is 0 Å². The molecule has 2 aromatic rings. The van der Waals surface area contributed by atoms with Gasteiger partial charge in [0.05, 0.1) is 0 Å². The van der Waals surface area contributed by atoms with Crippen molar-refractivity contribution in [3.63, 3.8) is 0 Å². The average molecular weight is 461 g/mol. The monoisotopic (exact) mass is 460 g/mol. The number of hydrogen-bond acceptors (Lipinski definition) is 4. The molecule has 1 aliphatic carbocycles. The highest BCUT2D eigenvalue weighted by Gasteiger charge is 2.60. The van der Waals surface area contributed by atoms with Crippen molar-refractivity contribution in [3.05, 3.63) is 78.8 Å². The molecule has 2 aromatic carbocycles. The number of alkyl halides is 3. The first-order valence-corrected chi connectivity index (χ1v) is 9.75. The number of ketones is 1. The molecule has 2 atom stereocenters. The Balaban J connectivity index is 2.08. The van der Waals surface area contributed by atoms with Crippen LogP contribution in [0.1, 0.15) is 45.9 Å². The lowest BCUT2D eigenvalue weighted by Crippen LogP contribution is -2.49. The van der Waals surface area contributed by atoms with E-state index >= 15 is 0 Å².